The van der Waals surface area contributed by atoms with E-state index < -0.39 is 0 Å². The van der Waals surface area contributed by atoms with Crippen LogP contribution in [0, 0.1) is 6.92 Å². The van der Waals surface area contributed by atoms with E-state index in [2.05, 4.69) is 15.2 Å². The zero-order chi connectivity index (χ0) is 17.9. The molecule has 0 unspecified atom stereocenters. The van der Waals surface area contributed by atoms with Gasteiger partial charge in [-0.1, -0.05) is 0 Å². The molecular weight excluding hydrogens is 348 g/mol. The third-order valence-corrected chi connectivity index (χ3v) is 5.84. The van der Waals surface area contributed by atoms with E-state index in [1.165, 1.54) is 12.8 Å². The van der Waals surface area contributed by atoms with Crippen LogP contribution < -0.4 is 15.0 Å². The molecule has 26 heavy (non-hydrogen) atoms. The molecule has 6 nitrogen and oxygen atoms in total. The van der Waals surface area contributed by atoms with Gasteiger partial charge in [-0.15, -0.1) is 11.3 Å². The molecule has 0 aromatic carbocycles. The lowest BCUT2D eigenvalue weighted by atomic mass is 10.3. The lowest BCUT2D eigenvalue weighted by molar-refractivity contribution is 0.195. The minimum absolute atomic E-state index is 0.00914. The first-order chi connectivity index (χ1) is 12.7. The number of carbonyl (C=O) groups excluding carboxylic acids is 1. The van der Waals surface area contributed by atoms with E-state index in [1.807, 2.05) is 40.9 Å². The second-order valence-electron chi connectivity index (χ2n) is 6.89. The first-order valence-electron chi connectivity index (χ1n) is 9.16. The molecule has 4 heterocycles. The average Bonchev–Trinajstić information content (AvgIpc) is 3.39. The van der Waals surface area contributed by atoms with Crippen molar-refractivity contribution in [1.82, 2.24) is 9.88 Å². The van der Waals surface area contributed by atoms with Gasteiger partial charge in [-0.05, 0) is 42.8 Å². The Morgan fingerprint density at radius 2 is 2.15 bits per heavy atom. The van der Waals surface area contributed by atoms with Crippen molar-refractivity contribution in [2.45, 2.75) is 32.3 Å². The van der Waals surface area contributed by atoms with E-state index in [0.29, 0.717) is 13.1 Å². The van der Waals surface area contributed by atoms with E-state index in [9.17, 15) is 4.79 Å². The van der Waals surface area contributed by atoms with Gasteiger partial charge in [0.1, 0.15) is 6.10 Å². The lowest BCUT2D eigenvalue weighted by Crippen LogP contribution is -2.34. The van der Waals surface area contributed by atoms with Crippen LogP contribution in [0.15, 0.2) is 29.1 Å². The third kappa shape index (κ3) is 3.62. The number of urea groups is 1. The molecule has 0 bridgehead atoms. The molecule has 1 atom stereocenters. The summed E-state index contributed by atoms with van der Waals surface area (Å²) in [7, 11) is 0. The van der Waals surface area contributed by atoms with Gasteiger partial charge >= 0.3 is 6.03 Å². The Hall–Kier alpha value is -2.28. The molecule has 0 spiro atoms. The van der Waals surface area contributed by atoms with E-state index >= 15 is 0 Å². The predicted octanol–water partition coefficient (Wildman–Crippen LogP) is 3.74. The molecule has 0 saturated carbocycles. The van der Waals surface area contributed by atoms with Crippen molar-refractivity contribution >= 4 is 28.9 Å². The van der Waals surface area contributed by atoms with Crippen LogP contribution in [0.1, 0.15) is 24.8 Å². The number of hydrogen-bond donors (Lipinski definition) is 1. The fourth-order valence-electron chi connectivity index (χ4n) is 3.51. The molecular formula is C19H24N4O2S. The number of aryl methyl sites for hydroxylation is 1. The molecule has 4 rings (SSSR count). The van der Waals surface area contributed by atoms with Crippen molar-refractivity contribution in [2.24, 2.45) is 0 Å². The smallest absolute Gasteiger partial charge is 0.322 e. The summed E-state index contributed by atoms with van der Waals surface area (Å²) in [5, 5.41) is 7.00. The maximum atomic E-state index is 12.5. The molecule has 2 aliphatic rings. The number of carbonyl (C=O) groups is 1. The second kappa shape index (κ2) is 7.53. The van der Waals surface area contributed by atoms with Gasteiger partial charge in [-0.3, -0.25) is 0 Å². The second-order valence-corrected chi connectivity index (χ2v) is 7.64. The van der Waals surface area contributed by atoms with Crippen LogP contribution in [0.5, 0.6) is 5.75 Å². The summed E-state index contributed by atoms with van der Waals surface area (Å²) in [4.78, 5) is 21.1. The number of pyridine rings is 1. The van der Waals surface area contributed by atoms with E-state index in [4.69, 9.17) is 4.74 Å². The highest BCUT2D eigenvalue weighted by atomic mass is 32.1. The topological polar surface area (TPSA) is 57.7 Å². The van der Waals surface area contributed by atoms with Gasteiger partial charge in [0.15, 0.2) is 11.6 Å². The molecule has 0 aliphatic carbocycles. The van der Waals surface area contributed by atoms with Gasteiger partial charge < -0.3 is 19.9 Å². The summed E-state index contributed by atoms with van der Waals surface area (Å²) < 4.78 is 6.23. The van der Waals surface area contributed by atoms with E-state index in [-0.39, 0.29) is 12.1 Å². The fraction of sp³-hybridized carbons (Fsp3) is 0.474. The zero-order valence-electron chi connectivity index (χ0n) is 15.0. The van der Waals surface area contributed by atoms with Crippen LogP contribution in [0.4, 0.5) is 16.3 Å². The van der Waals surface area contributed by atoms with Gasteiger partial charge in [-0.2, -0.15) is 0 Å². The fourth-order valence-corrected chi connectivity index (χ4v) is 4.29. The van der Waals surface area contributed by atoms with E-state index in [1.54, 1.807) is 11.3 Å². The monoisotopic (exact) mass is 372 g/mol. The first kappa shape index (κ1) is 17.1. The molecule has 7 heteroatoms. The first-order valence-corrected chi connectivity index (χ1v) is 10.1. The number of rotatable bonds is 4. The summed E-state index contributed by atoms with van der Waals surface area (Å²) in [6, 6.07) is 3.84. The standard InChI is InChI=1S/C19H24N4O2S/c1-14-12-26-13-16(14)21-19(24)23-10-6-15(11-23)25-17-5-4-7-20-18(17)22-8-2-3-9-22/h4-5,7,12-13,15H,2-3,6,8-11H2,1H3,(H,21,24)/t15-/m0/s1. The number of nitrogens with one attached hydrogen (secondary N) is 1. The Morgan fingerprint density at radius 3 is 2.92 bits per heavy atom. The zero-order valence-corrected chi connectivity index (χ0v) is 15.8. The van der Waals surface area contributed by atoms with Gasteiger partial charge in [0.2, 0.25) is 0 Å². The molecule has 0 radical (unpaired) electrons. The van der Waals surface area contributed by atoms with Crippen molar-refractivity contribution in [3.8, 4) is 5.75 Å². The largest absolute Gasteiger partial charge is 0.485 e. The summed E-state index contributed by atoms with van der Waals surface area (Å²) >= 11 is 1.60. The third-order valence-electron chi connectivity index (χ3n) is 4.98. The summed E-state index contributed by atoms with van der Waals surface area (Å²) in [5.41, 5.74) is 1.99. The minimum atomic E-state index is -0.0523. The maximum Gasteiger partial charge on any atom is 0.322 e. The van der Waals surface area contributed by atoms with Crippen LogP contribution in [0.2, 0.25) is 0 Å². The SMILES string of the molecule is Cc1cscc1NC(=O)N1CC[C@H](Oc2cccnc2N2CCCC2)C1. The molecule has 1 N–H and O–H groups in total. The Bertz CT molecular complexity index is 772. The van der Waals surface area contributed by atoms with E-state index in [0.717, 1.165) is 42.3 Å². The number of aromatic nitrogens is 1. The number of thiophene rings is 1. The summed E-state index contributed by atoms with van der Waals surface area (Å²) in [6.45, 7) is 5.38. The van der Waals surface area contributed by atoms with Crippen LogP contribution in [0.25, 0.3) is 0 Å². The predicted molar refractivity (Wildman–Crippen MR) is 104 cm³/mol. The molecule has 2 fully saturated rings. The molecule has 2 aliphatic heterocycles. The highest BCUT2D eigenvalue weighted by Crippen LogP contribution is 2.30. The number of anilines is 2. The normalized spacial score (nSPS) is 19.8. The Balaban J connectivity index is 1.37. The molecule has 2 amide bonds. The number of likely N-dealkylation sites (tertiary alicyclic amines) is 1. The highest BCUT2D eigenvalue weighted by Gasteiger charge is 2.29. The number of ether oxygens (including phenoxy) is 1. The quantitative estimate of drug-likeness (QED) is 0.888. The molecule has 2 aromatic heterocycles. The van der Waals surface area contributed by atoms with Crippen molar-refractivity contribution < 1.29 is 9.53 Å². The van der Waals surface area contributed by atoms with Gasteiger partial charge in [0, 0.05) is 37.6 Å². The van der Waals surface area contributed by atoms with Crippen molar-refractivity contribution in [2.75, 3.05) is 36.4 Å². The van der Waals surface area contributed by atoms with Crippen molar-refractivity contribution in [1.29, 1.82) is 0 Å². The van der Waals surface area contributed by atoms with Gasteiger partial charge in [0.25, 0.3) is 0 Å². The number of nitrogens with zero attached hydrogens (tertiary/aromatic N) is 3. The van der Waals surface area contributed by atoms with Crippen molar-refractivity contribution in [3.05, 3.63) is 34.7 Å². The van der Waals surface area contributed by atoms with Gasteiger partial charge in [0.05, 0.1) is 12.2 Å². The summed E-state index contributed by atoms with van der Waals surface area (Å²) in [5.74, 6) is 1.76. The number of amides is 2. The molecule has 2 saturated heterocycles. The number of hydrogen-bond acceptors (Lipinski definition) is 5. The Kier molecular flexibility index (Phi) is 4.97. The Morgan fingerprint density at radius 1 is 1.31 bits per heavy atom. The van der Waals surface area contributed by atoms with Crippen LogP contribution >= 0.6 is 11.3 Å². The van der Waals surface area contributed by atoms with Crippen LogP contribution in [-0.4, -0.2) is 48.2 Å². The highest BCUT2D eigenvalue weighted by molar-refractivity contribution is 7.08. The Labute approximate surface area is 157 Å². The average molecular weight is 372 g/mol. The minimum Gasteiger partial charge on any atom is -0.485 e. The lowest BCUT2D eigenvalue weighted by Gasteiger charge is -2.22. The summed E-state index contributed by atoms with van der Waals surface area (Å²) in [6.07, 6.45) is 5.07. The molecule has 138 valence electrons. The maximum absolute atomic E-state index is 12.5. The molecule has 2 aromatic rings. The van der Waals surface area contributed by atoms with Gasteiger partial charge in [-0.25, -0.2) is 9.78 Å². The van der Waals surface area contributed by atoms with Crippen LogP contribution in [-0.2, 0) is 0 Å². The van der Waals surface area contributed by atoms with Crippen molar-refractivity contribution in [3.63, 3.8) is 0 Å². The van der Waals surface area contributed by atoms with Crippen LogP contribution in [0.3, 0.4) is 0 Å².